The Morgan fingerprint density at radius 2 is 1.74 bits per heavy atom. The van der Waals surface area contributed by atoms with E-state index in [2.05, 4.69) is 9.71 Å². The van der Waals surface area contributed by atoms with E-state index in [0.29, 0.717) is 10.7 Å². The van der Waals surface area contributed by atoms with Crippen LogP contribution in [-0.2, 0) is 15.0 Å². The number of benzene rings is 2. The molecule has 2 aromatic carbocycles. The predicted molar refractivity (Wildman–Crippen MR) is 148 cm³/mol. The summed E-state index contributed by atoms with van der Waals surface area (Å²) in [5, 5.41) is 7.01. The first-order valence-electron chi connectivity index (χ1n) is 12.6. The number of piperidine rings is 1. The molecule has 2 heterocycles. The molecule has 39 heavy (non-hydrogen) atoms. The number of aliphatic imine (C=N–C) groups is 1. The van der Waals surface area contributed by atoms with Gasteiger partial charge in [-0.05, 0) is 35.7 Å². The third kappa shape index (κ3) is 6.92. The Kier molecular flexibility index (Phi) is 8.57. The molecule has 2 atom stereocenters. The Bertz CT molecular complexity index is 1340. The molecule has 1 amide bonds. The van der Waals surface area contributed by atoms with Crippen molar-refractivity contribution < 1.29 is 22.0 Å². The van der Waals surface area contributed by atoms with E-state index in [1.165, 1.54) is 0 Å². The van der Waals surface area contributed by atoms with Gasteiger partial charge in [0.1, 0.15) is 11.8 Å². The smallest absolute Gasteiger partial charge is 0.302 e. The van der Waals surface area contributed by atoms with Gasteiger partial charge in [0.05, 0.1) is 11.7 Å². The first-order valence-corrected chi connectivity index (χ1v) is 14.4. The van der Waals surface area contributed by atoms with Gasteiger partial charge in [0, 0.05) is 37.4 Å². The molecule has 1 fully saturated rings. The summed E-state index contributed by atoms with van der Waals surface area (Å²) in [6, 6.07) is 15.2. The van der Waals surface area contributed by atoms with E-state index in [1.807, 2.05) is 30.3 Å². The van der Waals surface area contributed by atoms with Gasteiger partial charge in [-0.15, -0.1) is 0 Å². The van der Waals surface area contributed by atoms with Crippen LogP contribution >= 0.6 is 11.6 Å². The molecule has 2 aliphatic rings. The van der Waals surface area contributed by atoms with E-state index >= 15 is 0 Å². The van der Waals surface area contributed by atoms with Gasteiger partial charge in [-0.2, -0.15) is 17.8 Å². The number of carbonyl (C=O) groups is 1. The van der Waals surface area contributed by atoms with E-state index in [1.54, 1.807) is 43.1 Å². The lowest BCUT2D eigenvalue weighted by Crippen LogP contribution is -2.51. The van der Waals surface area contributed by atoms with Crippen molar-refractivity contribution in [3.8, 4) is 0 Å². The number of hydrazone groups is 1. The molecule has 13 heteroatoms. The highest BCUT2D eigenvalue weighted by molar-refractivity contribution is 7.87. The summed E-state index contributed by atoms with van der Waals surface area (Å²) in [6.45, 7) is 2.77. The summed E-state index contributed by atoms with van der Waals surface area (Å²) in [5.74, 6) is -4.14. The number of nitrogens with two attached hydrogens (primary N) is 1. The van der Waals surface area contributed by atoms with Gasteiger partial charge < -0.3 is 5.73 Å². The van der Waals surface area contributed by atoms with Gasteiger partial charge >= 0.3 is 10.2 Å². The summed E-state index contributed by atoms with van der Waals surface area (Å²) < 4.78 is 57.4. The minimum Gasteiger partial charge on any atom is -0.368 e. The molecule has 9 nitrogen and oxygen atoms in total. The van der Waals surface area contributed by atoms with Crippen molar-refractivity contribution in [3.05, 3.63) is 65.2 Å². The monoisotopic (exact) mass is 580 g/mol. The number of amidine groups is 1. The molecule has 0 spiro atoms. The number of hydrogen-bond donors (Lipinski definition) is 2. The fourth-order valence-electron chi connectivity index (χ4n) is 4.50. The van der Waals surface area contributed by atoms with Gasteiger partial charge in [0.25, 0.3) is 5.92 Å². The van der Waals surface area contributed by atoms with Crippen LogP contribution in [0.3, 0.4) is 0 Å². The SMILES string of the molecule is CC(C)[C@H](N=C(NS(=O)(=O)N1CCC(F)(F)CC1)C1=NN(c2ccc(Cl)cc2)C(c2ccccc2)C1)C(N)=O. The van der Waals surface area contributed by atoms with E-state index in [9.17, 15) is 22.0 Å². The molecule has 2 aromatic rings. The quantitative estimate of drug-likeness (QED) is 0.360. The molecular formula is C26H31ClF2N6O3S. The van der Waals surface area contributed by atoms with Gasteiger partial charge in [0.2, 0.25) is 5.91 Å². The average Bonchev–Trinajstić information content (AvgIpc) is 3.32. The van der Waals surface area contributed by atoms with E-state index in [4.69, 9.17) is 22.4 Å². The third-order valence-corrected chi connectivity index (χ3v) is 8.42. The van der Waals surface area contributed by atoms with Crippen LogP contribution in [0.25, 0.3) is 0 Å². The zero-order chi connectivity index (χ0) is 28.4. The molecule has 0 aliphatic carbocycles. The zero-order valence-corrected chi connectivity index (χ0v) is 23.2. The van der Waals surface area contributed by atoms with Gasteiger partial charge in [-0.3, -0.25) is 19.5 Å². The second-order valence-corrected chi connectivity index (χ2v) is 12.0. The maximum Gasteiger partial charge on any atom is 0.302 e. The van der Waals surface area contributed by atoms with Crippen molar-refractivity contribution in [3.63, 3.8) is 0 Å². The highest BCUT2D eigenvalue weighted by Crippen LogP contribution is 2.36. The fraction of sp³-hybridized carbons (Fsp3) is 0.423. The molecule has 210 valence electrons. The number of hydrogen-bond acceptors (Lipinski definition) is 6. The first-order chi connectivity index (χ1) is 18.4. The number of primary amides is 1. The third-order valence-electron chi connectivity index (χ3n) is 6.67. The number of halogens is 3. The number of carbonyl (C=O) groups excluding carboxylic acids is 1. The minimum absolute atomic E-state index is 0.151. The highest BCUT2D eigenvalue weighted by Gasteiger charge is 2.40. The highest BCUT2D eigenvalue weighted by atomic mass is 35.5. The minimum atomic E-state index is -4.29. The molecule has 4 rings (SSSR count). The Morgan fingerprint density at radius 3 is 2.31 bits per heavy atom. The topological polar surface area (TPSA) is 120 Å². The van der Waals surface area contributed by atoms with Gasteiger partial charge in [-0.1, -0.05) is 55.8 Å². The maximum absolute atomic E-state index is 13.7. The van der Waals surface area contributed by atoms with Crippen LogP contribution in [0.4, 0.5) is 14.5 Å². The fourth-order valence-corrected chi connectivity index (χ4v) is 5.83. The second-order valence-electron chi connectivity index (χ2n) is 9.93. The molecule has 0 bridgehead atoms. The Labute approximate surface area is 231 Å². The van der Waals surface area contributed by atoms with Gasteiger partial charge in [-0.25, -0.2) is 8.78 Å². The summed E-state index contributed by atoms with van der Waals surface area (Å²) in [4.78, 5) is 16.6. The van der Waals surface area contributed by atoms with Crippen LogP contribution in [0.1, 0.15) is 44.7 Å². The number of nitrogens with zero attached hydrogens (tertiary/aromatic N) is 4. The Hall–Kier alpha value is -3.09. The Morgan fingerprint density at radius 1 is 1.13 bits per heavy atom. The largest absolute Gasteiger partial charge is 0.368 e. The molecule has 1 saturated heterocycles. The van der Waals surface area contributed by atoms with Crippen LogP contribution in [0.2, 0.25) is 5.02 Å². The lowest BCUT2D eigenvalue weighted by molar-refractivity contribution is -0.120. The van der Waals surface area contributed by atoms with Crippen LogP contribution in [0, 0.1) is 5.92 Å². The van der Waals surface area contributed by atoms with E-state index < -0.39 is 40.9 Å². The van der Waals surface area contributed by atoms with Crippen molar-refractivity contribution in [1.29, 1.82) is 0 Å². The van der Waals surface area contributed by atoms with Gasteiger partial charge in [0.15, 0.2) is 5.84 Å². The standard InChI is InChI=1S/C26H31ClF2N6O3S/c1-17(2)23(24(30)36)31-25(33-39(37,38)34-14-12-26(28,29)13-15-34)21-16-22(18-6-4-3-5-7-18)35(32-21)20-10-8-19(27)9-11-20/h3-11,17,22-23H,12-16H2,1-2H3,(H2,30,36)(H,31,33)/t22?,23-/m0/s1. The van der Waals surface area contributed by atoms with Crippen LogP contribution < -0.4 is 15.5 Å². The number of alkyl halides is 2. The number of rotatable bonds is 8. The molecule has 1 unspecified atom stereocenters. The normalized spacial score (nSPS) is 21.1. The molecular weight excluding hydrogens is 550 g/mol. The number of nitrogens with one attached hydrogen (secondary N) is 1. The van der Waals surface area contributed by atoms with Crippen molar-refractivity contribution in [2.45, 2.75) is 51.1 Å². The van der Waals surface area contributed by atoms with E-state index in [-0.39, 0.29) is 43.0 Å². The van der Waals surface area contributed by atoms with Crippen LogP contribution in [0.15, 0.2) is 64.7 Å². The van der Waals surface area contributed by atoms with Crippen LogP contribution in [0.5, 0.6) is 0 Å². The summed E-state index contributed by atoms with van der Waals surface area (Å²) in [6.07, 6.45) is -0.926. The summed E-state index contributed by atoms with van der Waals surface area (Å²) in [7, 11) is -4.29. The average molecular weight is 581 g/mol. The van der Waals surface area contributed by atoms with Crippen molar-refractivity contribution in [2.75, 3.05) is 18.1 Å². The van der Waals surface area contributed by atoms with Crippen molar-refractivity contribution >= 4 is 45.0 Å². The number of amides is 1. The van der Waals surface area contributed by atoms with Crippen LogP contribution in [-0.4, -0.2) is 55.2 Å². The molecule has 2 aliphatic heterocycles. The van der Waals surface area contributed by atoms with E-state index in [0.717, 1.165) is 9.87 Å². The molecule has 3 N–H and O–H groups in total. The first kappa shape index (κ1) is 28.9. The Balaban J connectivity index is 1.75. The lowest BCUT2D eigenvalue weighted by atomic mass is 10.0. The predicted octanol–water partition coefficient (Wildman–Crippen LogP) is 4.12. The molecule has 0 saturated carbocycles. The van der Waals surface area contributed by atoms with Crippen molar-refractivity contribution in [2.24, 2.45) is 21.7 Å². The summed E-state index contributed by atoms with van der Waals surface area (Å²) in [5.41, 5.74) is 7.49. The molecule has 0 aromatic heterocycles. The second kappa shape index (κ2) is 11.6. The maximum atomic E-state index is 13.7. The molecule has 0 radical (unpaired) electrons. The zero-order valence-electron chi connectivity index (χ0n) is 21.6. The summed E-state index contributed by atoms with van der Waals surface area (Å²) >= 11 is 6.09. The van der Waals surface area contributed by atoms with Crippen molar-refractivity contribution in [1.82, 2.24) is 9.03 Å². The number of anilines is 1. The lowest BCUT2D eigenvalue weighted by Gasteiger charge is -2.31.